The first-order chi connectivity index (χ1) is 6.32. The van der Waals surface area contributed by atoms with Gasteiger partial charge in [-0.1, -0.05) is 22.0 Å². The molecule has 86 valence electrons. The third-order valence-electron chi connectivity index (χ3n) is 1.65. The lowest BCUT2D eigenvalue weighted by atomic mass is 10.1. The van der Waals surface area contributed by atoms with Crippen molar-refractivity contribution >= 4 is 28.3 Å². The monoisotopic (exact) mass is 307 g/mol. The molecule has 2 N–H and O–H groups in total. The first-order valence-electron chi connectivity index (χ1n) is 3.59. The van der Waals surface area contributed by atoms with E-state index in [1.807, 2.05) is 0 Å². The second kappa shape index (κ2) is 5.14. The van der Waals surface area contributed by atoms with Gasteiger partial charge in [-0.05, 0) is 17.7 Å². The van der Waals surface area contributed by atoms with E-state index in [9.17, 15) is 17.6 Å². The molecule has 0 saturated carbocycles. The van der Waals surface area contributed by atoms with Gasteiger partial charge in [-0.2, -0.15) is 13.2 Å². The van der Waals surface area contributed by atoms with Crippen LogP contribution < -0.4 is 5.73 Å². The van der Waals surface area contributed by atoms with E-state index in [4.69, 9.17) is 5.73 Å². The van der Waals surface area contributed by atoms with Crippen molar-refractivity contribution in [3.05, 3.63) is 34.1 Å². The van der Waals surface area contributed by atoms with Crippen molar-refractivity contribution in [3.8, 4) is 0 Å². The van der Waals surface area contributed by atoms with Gasteiger partial charge in [0.2, 0.25) is 0 Å². The average Bonchev–Trinajstić information content (AvgIpc) is 2.01. The van der Waals surface area contributed by atoms with Crippen molar-refractivity contribution in [2.75, 3.05) is 0 Å². The van der Waals surface area contributed by atoms with E-state index in [2.05, 4.69) is 15.9 Å². The molecule has 0 radical (unpaired) electrons. The molecule has 0 fully saturated rings. The van der Waals surface area contributed by atoms with Crippen LogP contribution in [-0.2, 0) is 0 Å². The fourth-order valence-corrected chi connectivity index (χ4v) is 1.53. The fraction of sp³-hybridized carbons (Fsp3) is 0.250. The van der Waals surface area contributed by atoms with Gasteiger partial charge >= 0.3 is 6.18 Å². The van der Waals surface area contributed by atoms with Gasteiger partial charge in [0.05, 0.1) is 0 Å². The van der Waals surface area contributed by atoms with Crippen LogP contribution in [0.5, 0.6) is 0 Å². The molecule has 0 heterocycles. The zero-order chi connectivity index (χ0) is 10.9. The van der Waals surface area contributed by atoms with Crippen molar-refractivity contribution < 1.29 is 17.6 Å². The summed E-state index contributed by atoms with van der Waals surface area (Å²) in [6.07, 6.45) is -4.53. The minimum Gasteiger partial charge on any atom is -0.316 e. The van der Waals surface area contributed by atoms with Crippen LogP contribution in [0.3, 0.4) is 0 Å². The molecule has 0 unspecified atom stereocenters. The maximum Gasteiger partial charge on any atom is 0.407 e. The van der Waals surface area contributed by atoms with Crippen molar-refractivity contribution in [1.82, 2.24) is 0 Å². The second-order valence-electron chi connectivity index (χ2n) is 2.69. The van der Waals surface area contributed by atoms with E-state index in [1.54, 1.807) is 0 Å². The van der Waals surface area contributed by atoms with Gasteiger partial charge in [-0.25, -0.2) is 4.39 Å². The van der Waals surface area contributed by atoms with Crippen LogP contribution in [0.15, 0.2) is 22.7 Å². The third-order valence-corrected chi connectivity index (χ3v) is 2.34. The number of hydrogen-bond acceptors (Lipinski definition) is 1. The highest BCUT2D eigenvalue weighted by molar-refractivity contribution is 9.10. The SMILES string of the molecule is Cl.N[C@H](c1ccc(F)cc1Br)C(F)(F)F. The molecule has 0 aliphatic carbocycles. The van der Waals surface area contributed by atoms with Gasteiger partial charge in [-0.3, -0.25) is 0 Å². The smallest absolute Gasteiger partial charge is 0.316 e. The number of nitrogens with two attached hydrogens (primary N) is 1. The molecule has 1 atom stereocenters. The molecule has 7 heteroatoms. The lowest BCUT2D eigenvalue weighted by molar-refractivity contribution is -0.149. The number of benzene rings is 1. The summed E-state index contributed by atoms with van der Waals surface area (Å²) in [6.45, 7) is 0. The maximum absolute atomic E-state index is 12.6. The predicted molar refractivity (Wildman–Crippen MR) is 54.3 cm³/mol. The summed E-state index contributed by atoms with van der Waals surface area (Å²) in [5, 5.41) is 0. The Bertz CT molecular complexity index is 342. The van der Waals surface area contributed by atoms with Crippen molar-refractivity contribution in [2.24, 2.45) is 5.73 Å². The van der Waals surface area contributed by atoms with Gasteiger partial charge in [0.1, 0.15) is 11.9 Å². The van der Waals surface area contributed by atoms with Crippen molar-refractivity contribution in [3.63, 3.8) is 0 Å². The van der Waals surface area contributed by atoms with E-state index < -0.39 is 18.0 Å². The highest BCUT2D eigenvalue weighted by atomic mass is 79.9. The zero-order valence-electron chi connectivity index (χ0n) is 7.18. The molecule has 1 aromatic rings. The Hall–Kier alpha value is -0.330. The average molecular weight is 308 g/mol. The summed E-state index contributed by atoms with van der Waals surface area (Å²) in [4.78, 5) is 0. The van der Waals surface area contributed by atoms with Gasteiger partial charge in [-0.15, -0.1) is 12.4 Å². The highest BCUT2D eigenvalue weighted by Crippen LogP contribution is 2.34. The third kappa shape index (κ3) is 3.62. The molecule has 0 amide bonds. The van der Waals surface area contributed by atoms with E-state index in [0.29, 0.717) is 0 Å². The molecule has 1 rings (SSSR count). The van der Waals surface area contributed by atoms with Crippen LogP contribution in [0.2, 0.25) is 0 Å². The number of alkyl halides is 3. The van der Waals surface area contributed by atoms with Crippen LogP contribution in [0, 0.1) is 5.82 Å². The standard InChI is InChI=1S/C8H6BrF4N.ClH/c9-6-3-4(10)1-2-5(6)7(14)8(11,12)13;/h1-3,7H,14H2;1H/t7-;/m1./s1. The minimum absolute atomic E-state index is 0. The van der Waals surface area contributed by atoms with Crippen molar-refractivity contribution in [2.45, 2.75) is 12.2 Å². The van der Waals surface area contributed by atoms with Gasteiger partial charge < -0.3 is 5.73 Å². The number of halogens is 6. The Morgan fingerprint density at radius 1 is 1.27 bits per heavy atom. The largest absolute Gasteiger partial charge is 0.407 e. The Kier molecular flexibility index (Phi) is 5.02. The van der Waals surface area contributed by atoms with Gasteiger partial charge in [0.25, 0.3) is 0 Å². The summed E-state index contributed by atoms with van der Waals surface area (Å²) in [5.41, 5.74) is 4.76. The summed E-state index contributed by atoms with van der Waals surface area (Å²) in [7, 11) is 0. The van der Waals surface area contributed by atoms with E-state index >= 15 is 0 Å². The summed E-state index contributed by atoms with van der Waals surface area (Å²) < 4.78 is 49.1. The highest BCUT2D eigenvalue weighted by Gasteiger charge is 2.38. The Morgan fingerprint density at radius 3 is 2.20 bits per heavy atom. The molecule has 1 nitrogen and oxygen atoms in total. The first kappa shape index (κ1) is 14.7. The van der Waals surface area contributed by atoms with Gasteiger partial charge in [0.15, 0.2) is 0 Å². The Labute approximate surface area is 98.2 Å². The number of hydrogen-bond donors (Lipinski definition) is 1. The molecule has 0 aliphatic rings. The second-order valence-corrected chi connectivity index (χ2v) is 3.54. The normalized spacial score (nSPS) is 13.2. The minimum atomic E-state index is -4.53. The molecule has 15 heavy (non-hydrogen) atoms. The summed E-state index contributed by atoms with van der Waals surface area (Å²) in [6, 6.07) is 0.793. The first-order valence-corrected chi connectivity index (χ1v) is 4.39. The lowest BCUT2D eigenvalue weighted by Gasteiger charge is -2.17. The molecule has 0 aliphatic heterocycles. The fourth-order valence-electron chi connectivity index (χ4n) is 0.930. The number of rotatable bonds is 1. The molecule has 0 saturated heterocycles. The van der Waals surface area contributed by atoms with E-state index in [0.717, 1.165) is 18.2 Å². The predicted octanol–water partition coefficient (Wildman–Crippen LogP) is 3.57. The molecular formula is C8H7BrClF4N. The van der Waals surface area contributed by atoms with E-state index in [1.165, 1.54) is 0 Å². The quantitative estimate of drug-likeness (QED) is 0.789. The van der Waals surface area contributed by atoms with Crippen LogP contribution in [0.1, 0.15) is 11.6 Å². The topological polar surface area (TPSA) is 26.0 Å². The molecule has 0 spiro atoms. The Morgan fingerprint density at radius 2 is 1.80 bits per heavy atom. The van der Waals surface area contributed by atoms with E-state index in [-0.39, 0.29) is 22.4 Å². The summed E-state index contributed by atoms with van der Waals surface area (Å²) >= 11 is 2.82. The van der Waals surface area contributed by atoms with Crippen LogP contribution in [0.25, 0.3) is 0 Å². The molecule has 1 aromatic carbocycles. The van der Waals surface area contributed by atoms with Crippen molar-refractivity contribution in [1.29, 1.82) is 0 Å². The maximum atomic E-state index is 12.6. The van der Waals surface area contributed by atoms with Gasteiger partial charge in [0, 0.05) is 4.47 Å². The zero-order valence-corrected chi connectivity index (χ0v) is 9.59. The van der Waals surface area contributed by atoms with Crippen LogP contribution in [-0.4, -0.2) is 6.18 Å². The molecule has 0 aromatic heterocycles. The molecular weight excluding hydrogens is 301 g/mol. The Balaban J connectivity index is 0.00000196. The summed E-state index contributed by atoms with van der Waals surface area (Å²) in [5.74, 6) is -0.616. The molecule has 0 bridgehead atoms. The van der Waals surface area contributed by atoms with Crippen LogP contribution >= 0.6 is 28.3 Å². The lowest BCUT2D eigenvalue weighted by Crippen LogP contribution is -2.28. The van der Waals surface area contributed by atoms with Crippen LogP contribution in [0.4, 0.5) is 17.6 Å².